The minimum absolute atomic E-state index is 0.00124. The molecule has 1 heterocycles. The molecular weight excluding hydrogens is 468 g/mol. The Balaban J connectivity index is 1.77. The molecule has 0 radical (unpaired) electrons. The topological polar surface area (TPSA) is 18.5 Å². The lowest BCUT2D eigenvalue weighted by molar-refractivity contribution is -0.143. The summed E-state index contributed by atoms with van der Waals surface area (Å²) in [4.78, 5) is 4.28. The molecule has 1 N–H and O–H groups in total. The highest BCUT2D eigenvalue weighted by molar-refractivity contribution is 5.34. The van der Waals surface area contributed by atoms with Crippen LogP contribution < -0.4 is 5.32 Å². The fraction of sp³-hybridized carbons (Fsp3) is 0.538. The number of halogens is 6. The third-order valence-electron chi connectivity index (χ3n) is 6.63. The van der Waals surface area contributed by atoms with Crippen LogP contribution in [0, 0.1) is 0 Å². The smallest absolute Gasteiger partial charge is 0.313 e. The first-order valence-corrected chi connectivity index (χ1v) is 12.0. The summed E-state index contributed by atoms with van der Waals surface area (Å²) >= 11 is 0. The Kier molecular flexibility index (Phi) is 9.23. The van der Waals surface area contributed by atoms with Gasteiger partial charge in [0.05, 0.1) is 11.1 Å². The van der Waals surface area contributed by atoms with Crippen molar-refractivity contribution in [2.45, 2.75) is 57.7 Å². The summed E-state index contributed by atoms with van der Waals surface area (Å²) in [5, 5.41) is 3.56. The van der Waals surface area contributed by atoms with Crippen LogP contribution in [0.5, 0.6) is 0 Å². The SMILES string of the molecule is CCC(CC)NCCN1CCN(Cc2cc(C(F)(F)F)cc(C(F)(F)F)c2)CC1c1ccccc1. The Hall–Kier alpha value is -2.10. The molecule has 1 aliphatic heterocycles. The van der Waals surface area contributed by atoms with Crippen molar-refractivity contribution >= 4 is 0 Å². The van der Waals surface area contributed by atoms with Gasteiger partial charge >= 0.3 is 12.4 Å². The Morgan fingerprint density at radius 3 is 2.03 bits per heavy atom. The molecule has 0 saturated carbocycles. The van der Waals surface area contributed by atoms with Crippen molar-refractivity contribution in [3.63, 3.8) is 0 Å². The van der Waals surface area contributed by atoms with E-state index in [1.807, 2.05) is 35.2 Å². The Bertz CT molecular complexity index is 893. The van der Waals surface area contributed by atoms with Gasteiger partial charge in [0.2, 0.25) is 0 Å². The molecule has 9 heteroatoms. The molecule has 3 rings (SSSR count). The van der Waals surface area contributed by atoms with Crippen molar-refractivity contribution in [2.75, 3.05) is 32.7 Å². The third-order valence-corrected chi connectivity index (χ3v) is 6.63. The zero-order valence-electron chi connectivity index (χ0n) is 20.1. The van der Waals surface area contributed by atoms with Crippen molar-refractivity contribution < 1.29 is 26.3 Å². The van der Waals surface area contributed by atoms with Crippen molar-refractivity contribution in [3.05, 3.63) is 70.8 Å². The van der Waals surface area contributed by atoms with Crippen LogP contribution in [0.15, 0.2) is 48.5 Å². The number of benzene rings is 2. The first-order valence-electron chi connectivity index (χ1n) is 12.0. The van der Waals surface area contributed by atoms with Crippen LogP contribution in [0.25, 0.3) is 0 Å². The summed E-state index contributed by atoms with van der Waals surface area (Å²) in [5.74, 6) is 0. The zero-order chi connectivity index (χ0) is 25.6. The molecule has 35 heavy (non-hydrogen) atoms. The minimum Gasteiger partial charge on any atom is -0.313 e. The molecule has 1 unspecified atom stereocenters. The number of rotatable bonds is 9. The van der Waals surface area contributed by atoms with Gasteiger partial charge in [-0.15, -0.1) is 0 Å². The number of nitrogens with zero attached hydrogens (tertiary/aromatic N) is 2. The highest BCUT2D eigenvalue weighted by atomic mass is 19.4. The van der Waals surface area contributed by atoms with Gasteiger partial charge in [0.25, 0.3) is 0 Å². The van der Waals surface area contributed by atoms with E-state index >= 15 is 0 Å². The zero-order valence-corrected chi connectivity index (χ0v) is 20.1. The lowest BCUT2D eigenvalue weighted by Crippen LogP contribution is -2.50. The van der Waals surface area contributed by atoms with Gasteiger partial charge in [0, 0.05) is 51.4 Å². The first-order chi connectivity index (χ1) is 16.5. The maximum atomic E-state index is 13.3. The maximum absolute atomic E-state index is 13.3. The highest BCUT2D eigenvalue weighted by Crippen LogP contribution is 2.37. The minimum atomic E-state index is -4.84. The fourth-order valence-corrected chi connectivity index (χ4v) is 4.64. The van der Waals surface area contributed by atoms with Gasteiger partial charge in [0.1, 0.15) is 0 Å². The molecule has 0 aromatic heterocycles. The third kappa shape index (κ3) is 7.69. The second kappa shape index (κ2) is 11.8. The van der Waals surface area contributed by atoms with E-state index in [1.54, 1.807) is 0 Å². The van der Waals surface area contributed by atoms with Gasteiger partial charge < -0.3 is 5.32 Å². The van der Waals surface area contributed by atoms with E-state index in [9.17, 15) is 26.3 Å². The van der Waals surface area contributed by atoms with Crippen LogP contribution in [-0.2, 0) is 18.9 Å². The summed E-state index contributed by atoms with van der Waals surface area (Å²) in [6.07, 6.45) is -7.60. The lowest BCUT2D eigenvalue weighted by Gasteiger charge is -2.42. The molecule has 1 atom stereocenters. The molecule has 0 spiro atoms. The van der Waals surface area contributed by atoms with Gasteiger partial charge in [-0.25, -0.2) is 0 Å². The highest BCUT2D eigenvalue weighted by Gasteiger charge is 2.37. The van der Waals surface area contributed by atoms with Gasteiger partial charge in [-0.1, -0.05) is 44.2 Å². The summed E-state index contributed by atoms with van der Waals surface area (Å²) < 4.78 is 79.7. The molecule has 1 fully saturated rings. The van der Waals surface area contributed by atoms with Gasteiger partial charge in [0.15, 0.2) is 0 Å². The van der Waals surface area contributed by atoms with E-state index in [0.29, 0.717) is 25.7 Å². The average Bonchev–Trinajstić information content (AvgIpc) is 2.82. The number of piperazine rings is 1. The summed E-state index contributed by atoms with van der Waals surface area (Å²) in [7, 11) is 0. The van der Waals surface area contributed by atoms with Crippen molar-refractivity contribution in [2.24, 2.45) is 0 Å². The van der Waals surface area contributed by atoms with E-state index in [4.69, 9.17) is 0 Å². The van der Waals surface area contributed by atoms with Gasteiger partial charge in [-0.2, -0.15) is 26.3 Å². The first kappa shape index (κ1) is 27.5. The van der Waals surface area contributed by atoms with Crippen LogP contribution in [0.1, 0.15) is 55.0 Å². The Morgan fingerprint density at radius 1 is 0.886 bits per heavy atom. The normalized spacial score (nSPS) is 18.4. The molecule has 0 aliphatic carbocycles. The standard InChI is InChI=1S/C26H33F6N3/c1-3-23(4-2)33-10-11-35-13-12-34(18-24(35)20-8-6-5-7-9-20)17-19-14-21(25(27,28)29)16-22(15-19)26(30,31)32/h5-9,14-16,23-24,33H,3-4,10-13,17-18H2,1-2H3. The molecule has 1 aliphatic rings. The maximum Gasteiger partial charge on any atom is 0.416 e. The van der Waals surface area contributed by atoms with Crippen LogP contribution in [0.3, 0.4) is 0 Å². The molecular formula is C26H33F6N3. The van der Waals surface area contributed by atoms with Gasteiger partial charge in [-0.05, 0) is 42.2 Å². The Morgan fingerprint density at radius 2 is 1.49 bits per heavy atom. The van der Waals surface area contributed by atoms with Crippen LogP contribution in [0.2, 0.25) is 0 Å². The van der Waals surface area contributed by atoms with Crippen molar-refractivity contribution in [1.29, 1.82) is 0 Å². The van der Waals surface area contributed by atoms with Crippen molar-refractivity contribution in [1.82, 2.24) is 15.1 Å². The molecule has 1 saturated heterocycles. The molecule has 0 bridgehead atoms. The second-order valence-electron chi connectivity index (χ2n) is 9.08. The number of hydrogen-bond acceptors (Lipinski definition) is 3. The quantitative estimate of drug-likeness (QED) is 0.404. The van der Waals surface area contributed by atoms with E-state index < -0.39 is 23.5 Å². The van der Waals surface area contributed by atoms with E-state index in [2.05, 4.69) is 24.1 Å². The van der Waals surface area contributed by atoms with Crippen LogP contribution >= 0.6 is 0 Å². The second-order valence-corrected chi connectivity index (χ2v) is 9.08. The van der Waals surface area contributed by atoms with E-state index in [0.717, 1.165) is 43.6 Å². The van der Waals surface area contributed by atoms with Gasteiger partial charge in [-0.3, -0.25) is 9.80 Å². The molecule has 2 aromatic rings. The van der Waals surface area contributed by atoms with E-state index in [-0.39, 0.29) is 24.2 Å². The molecule has 3 nitrogen and oxygen atoms in total. The predicted octanol–water partition coefficient (Wildman–Crippen LogP) is 6.36. The fourth-order valence-electron chi connectivity index (χ4n) is 4.64. The molecule has 2 aromatic carbocycles. The molecule has 194 valence electrons. The summed E-state index contributed by atoms with van der Waals surface area (Å²) in [5.41, 5.74) is -1.44. The molecule has 0 amide bonds. The summed E-state index contributed by atoms with van der Waals surface area (Å²) in [6.45, 7) is 7.70. The summed E-state index contributed by atoms with van der Waals surface area (Å²) in [6, 6.07) is 12.1. The van der Waals surface area contributed by atoms with Crippen LogP contribution in [-0.4, -0.2) is 48.6 Å². The van der Waals surface area contributed by atoms with Crippen LogP contribution in [0.4, 0.5) is 26.3 Å². The number of nitrogens with one attached hydrogen (secondary N) is 1. The average molecular weight is 502 g/mol. The predicted molar refractivity (Wildman–Crippen MR) is 125 cm³/mol. The number of hydrogen-bond donors (Lipinski definition) is 1. The number of alkyl halides is 6. The lowest BCUT2D eigenvalue weighted by atomic mass is 10.0. The monoisotopic (exact) mass is 501 g/mol. The largest absolute Gasteiger partial charge is 0.416 e. The Labute approximate surface area is 203 Å². The van der Waals surface area contributed by atoms with E-state index in [1.165, 1.54) is 0 Å². The van der Waals surface area contributed by atoms with Crippen molar-refractivity contribution in [3.8, 4) is 0 Å².